The Morgan fingerprint density at radius 1 is 0.929 bits per heavy atom. The van der Waals surface area contributed by atoms with Gasteiger partial charge in [0.1, 0.15) is 5.82 Å². The van der Waals surface area contributed by atoms with E-state index in [4.69, 9.17) is 0 Å². The smallest absolute Gasteiger partial charge is 0.128 e. The van der Waals surface area contributed by atoms with Gasteiger partial charge in [-0.25, -0.2) is 4.98 Å². The summed E-state index contributed by atoms with van der Waals surface area (Å²) in [7, 11) is 0. The van der Waals surface area contributed by atoms with Crippen LogP contribution < -0.4 is 4.90 Å². The molecule has 1 aromatic heterocycles. The van der Waals surface area contributed by atoms with E-state index < -0.39 is 0 Å². The van der Waals surface area contributed by atoms with Gasteiger partial charge in [0, 0.05) is 63.6 Å². The van der Waals surface area contributed by atoms with Gasteiger partial charge < -0.3 is 14.9 Å². The van der Waals surface area contributed by atoms with E-state index in [1.165, 1.54) is 25.9 Å². The van der Waals surface area contributed by atoms with Gasteiger partial charge in [-0.15, -0.1) is 0 Å². The number of β-amino-alcohol motifs (C(OH)–C–C–N with tert-alkyl or cyclic N) is 1. The molecule has 4 rings (SSSR count). The molecule has 0 saturated carbocycles. The number of aromatic nitrogens is 1. The summed E-state index contributed by atoms with van der Waals surface area (Å²) < 4.78 is 0. The summed E-state index contributed by atoms with van der Waals surface area (Å²) >= 11 is 0. The van der Waals surface area contributed by atoms with Crippen molar-refractivity contribution in [3.8, 4) is 0 Å². The zero-order valence-electron chi connectivity index (χ0n) is 17.6. The highest BCUT2D eigenvalue weighted by Crippen LogP contribution is 2.25. The highest BCUT2D eigenvalue weighted by molar-refractivity contribution is 5.38. The van der Waals surface area contributed by atoms with Crippen molar-refractivity contribution in [2.75, 3.05) is 57.3 Å². The van der Waals surface area contributed by atoms with Crippen molar-refractivity contribution >= 4 is 5.82 Å². The second-order valence-corrected chi connectivity index (χ2v) is 8.99. The van der Waals surface area contributed by atoms with Crippen molar-refractivity contribution in [1.82, 2.24) is 19.7 Å². The minimum Gasteiger partial charge on any atom is -0.390 e. The molecule has 2 atom stereocenters. The Hall–Kier alpha value is -1.21. The number of piperidine rings is 2. The van der Waals surface area contributed by atoms with Crippen LogP contribution in [0, 0.1) is 0 Å². The maximum atomic E-state index is 10.9. The molecule has 28 heavy (non-hydrogen) atoms. The van der Waals surface area contributed by atoms with Crippen molar-refractivity contribution in [2.24, 2.45) is 0 Å². The summed E-state index contributed by atoms with van der Waals surface area (Å²) in [4.78, 5) is 14.5. The number of aliphatic hydroxyl groups is 1. The van der Waals surface area contributed by atoms with Crippen LogP contribution in [0.5, 0.6) is 0 Å². The highest BCUT2D eigenvalue weighted by Gasteiger charge is 2.36. The first-order chi connectivity index (χ1) is 13.6. The molecule has 6 nitrogen and oxygen atoms in total. The first kappa shape index (κ1) is 20.1. The van der Waals surface area contributed by atoms with Crippen LogP contribution in [0.1, 0.15) is 33.1 Å². The molecule has 0 spiro atoms. The third-order valence-corrected chi connectivity index (χ3v) is 7.08. The molecule has 0 aliphatic carbocycles. The Labute approximate surface area is 170 Å². The molecule has 1 N–H and O–H groups in total. The van der Waals surface area contributed by atoms with Crippen molar-refractivity contribution in [2.45, 2.75) is 57.3 Å². The van der Waals surface area contributed by atoms with Crippen LogP contribution in [0.25, 0.3) is 0 Å². The third-order valence-electron chi connectivity index (χ3n) is 7.08. The minimum atomic E-state index is -0.224. The second kappa shape index (κ2) is 9.08. The van der Waals surface area contributed by atoms with Crippen LogP contribution in [0.15, 0.2) is 24.4 Å². The molecule has 3 aliphatic rings. The fourth-order valence-corrected chi connectivity index (χ4v) is 5.29. The lowest BCUT2D eigenvalue weighted by Gasteiger charge is -2.48. The summed E-state index contributed by atoms with van der Waals surface area (Å²) in [5.74, 6) is 1.07. The zero-order chi connectivity index (χ0) is 19.5. The summed E-state index contributed by atoms with van der Waals surface area (Å²) in [6.07, 6.45) is 5.23. The zero-order valence-corrected chi connectivity index (χ0v) is 17.6. The van der Waals surface area contributed by atoms with E-state index in [1.54, 1.807) is 0 Å². The predicted octanol–water partition coefficient (Wildman–Crippen LogP) is 1.51. The van der Waals surface area contributed by atoms with Gasteiger partial charge in [0.2, 0.25) is 0 Å². The maximum absolute atomic E-state index is 10.9. The first-order valence-electron chi connectivity index (χ1n) is 11.2. The first-order valence-corrected chi connectivity index (χ1v) is 11.2. The number of aliphatic hydroxyl groups excluding tert-OH is 1. The van der Waals surface area contributed by atoms with Gasteiger partial charge in [0.25, 0.3) is 0 Å². The van der Waals surface area contributed by atoms with E-state index in [9.17, 15) is 5.11 Å². The molecular formula is C22H37N5O. The molecule has 6 heteroatoms. The summed E-state index contributed by atoms with van der Waals surface area (Å²) in [6, 6.07) is 7.75. The Balaban J connectivity index is 1.25. The highest BCUT2D eigenvalue weighted by atomic mass is 16.3. The summed E-state index contributed by atoms with van der Waals surface area (Å²) in [5.41, 5.74) is 0. The predicted molar refractivity (Wildman–Crippen MR) is 114 cm³/mol. The number of rotatable bonds is 4. The number of hydrogen-bond acceptors (Lipinski definition) is 6. The second-order valence-electron chi connectivity index (χ2n) is 8.99. The maximum Gasteiger partial charge on any atom is 0.128 e. The van der Waals surface area contributed by atoms with Crippen LogP contribution in [0.2, 0.25) is 0 Å². The van der Waals surface area contributed by atoms with Crippen molar-refractivity contribution in [3.05, 3.63) is 24.4 Å². The molecule has 3 saturated heterocycles. The lowest BCUT2D eigenvalue weighted by molar-refractivity contribution is -0.0367. The Morgan fingerprint density at radius 2 is 1.68 bits per heavy atom. The van der Waals surface area contributed by atoms with Crippen LogP contribution in [0.3, 0.4) is 0 Å². The van der Waals surface area contributed by atoms with Crippen molar-refractivity contribution in [3.63, 3.8) is 0 Å². The van der Waals surface area contributed by atoms with Gasteiger partial charge in [-0.3, -0.25) is 9.80 Å². The largest absolute Gasteiger partial charge is 0.390 e. The molecule has 0 amide bonds. The fraction of sp³-hybridized carbons (Fsp3) is 0.773. The minimum absolute atomic E-state index is 0.224. The van der Waals surface area contributed by atoms with Crippen LogP contribution in [-0.2, 0) is 0 Å². The quantitative estimate of drug-likeness (QED) is 0.845. The third kappa shape index (κ3) is 4.51. The van der Waals surface area contributed by atoms with Crippen LogP contribution in [-0.4, -0.2) is 101 Å². The Kier molecular flexibility index (Phi) is 6.51. The van der Waals surface area contributed by atoms with Crippen molar-refractivity contribution in [1.29, 1.82) is 0 Å². The van der Waals surface area contributed by atoms with E-state index in [1.807, 2.05) is 12.3 Å². The number of pyridine rings is 1. The fourth-order valence-electron chi connectivity index (χ4n) is 5.29. The molecule has 3 fully saturated rings. The lowest BCUT2D eigenvalue weighted by Crippen LogP contribution is -2.60. The number of nitrogens with zero attached hydrogens (tertiary/aromatic N) is 5. The normalized spacial score (nSPS) is 29.5. The van der Waals surface area contributed by atoms with Gasteiger partial charge in [-0.1, -0.05) is 6.07 Å². The van der Waals surface area contributed by atoms with Gasteiger partial charge in [-0.2, -0.15) is 0 Å². The summed E-state index contributed by atoms with van der Waals surface area (Å²) in [6.45, 7) is 13.0. The van der Waals surface area contributed by atoms with Gasteiger partial charge in [-0.05, 0) is 58.3 Å². The molecule has 4 heterocycles. The number of piperazine rings is 1. The number of likely N-dealkylation sites (tertiary alicyclic amines) is 2. The lowest BCUT2D eigenvalue weighted by atomic mass is 9.94. The summed E-state index contributed by atoms with van der Waals surface area (Å²) in [5, 5.41) is 10.9. The average Bonchev–Trinajstić information content (AvgIpc) is 2.74. The Morgan fingerprint density at radius 3 is 2.29 bits per heavy atom. The Bertz CT molecular complexity index is 596. The van der Waals surface area contributed by atoms with E-state index in [0.717, 1.165) is 51.5 Å². The molecule has 156 valence electrons. The molecular weight excluding hydrogens is 350 g/mol. The van der Waals surface area contributed by atoms with Crippen molar-refractivity contribution < 1.29 is 5.11 Å². The number of anilines is 1. The SMILES string of the molecule is CC(C)N1CCC(N2CC[C@@H](N3CCN(c4ccccn4)CC3)[C@H](O)C2)CC1. The standard InChI is InChI=1S/C22H37N5O/c1-18(2)24-10-6-19(7-11-24)27-12-8-20(21(28)17-27)25-13-15-26(16-14-25)22-5-3-4-9-23-22/h3-5,9,18-21,28H,6-8,10-17H2,1-2H3/t20-,21-/m1/s1. The van der Waals surface area contributed by atoms with Gasteiger partial charge in [0.15, 0.2) is 0 Å². The van der Waals surface area contributed by atoms with E-state index in [2.05, 4.69) is 50.6 Å². The van der Waals surface area contributed by atoms with Crippen LogP contribution >= 0.6 is 0 Å². The topological polar surface area (TPSA) is 46.1 Å². The molecule has 1 aromatic rings. The molecule has 0 bridgehead atoms. The van der Waals surface area contributed by atoms with E-state index in [0.29, 0.717) is 18.1 Å². The molecule has 0 aromatic carbocycles. The average molecular weight is 388 g/mol. The molecule has 0 unspecified atom stereocenters. The van der Waals surface area contributed by atoms with Gasteiger partial charge >= 0.3 is 0 Å². The monoisotopic (exact) mass is 387 g/mol. The molecule has 0 radical (unpaired) electrons. The van der Waals surface area contributed by atoms with E-state index in [-0.39, 0.29) is 6.10 Å². The molecule has 3 aliphatic heterocycles. The number of hydrogen-bond donors (Lipinski definition) is 1. The van der Waals surface area contributed by atoms with Crippen LogP contribution in [0.4, 0.5) is 5.82 Å². The van der Waals surface area contributed by atoms with Gasteiger partial charge in [0.05, 0.1) is 6.10 Å². The van der Waals surface area contributed by atoms with E-state index >= 15 is 0 Å².